The Morgan fingerprint density at radius 1 is 1.21 bits per heavy atom. The lowest BCUT2D eigenvalue weighted by molar-refractivity contribution is 0.244. The molecule has 1 aromatic carbocycles. The molecule has 5 nitrogen and oxygen atoms in total. The lowest BCUT2D eigenvalue weighted by Crippen LogP contribution is -2.45. The number of nitrogens with zero attached hydrogens (tertiary/aromatic N) is 3. The zero-order valence-electron chi connectivity index (χ0n) is 13.3. The van der Waals surface area contributed by atoms with Crippen LogP contribution in [-0.2, 0) is 6.42 Å². The molecule has 3 heterocycles. The van der Waals surface area contributed by atoms with Gasteiger partial charge in [-0.15, -0.1) is 0 Å². The number of fused-ring (bicyclic) bond motifs is 1. The minimum atomic E-state index is -0.0381. The van der Waals surface area contributed by atoms with E-state index in [1.54, 1.807) is 11.1 Å². The number of aromatic nitrogens is 1. The van der Waals surface area contributed by atoms with Gasteiger partial charge in [-0.05, 0) is 42.7 Å². The van der Waals surface area contributed by atoms with E-state index in [2.05, 4.69) is 15.2 Å². The van der Waals surface area contributed by atoms with Crippen molar-refractivity contribution >= 4 is 29.1 Å². The van der Waals surface area contributed by atoms with Gasteiger partial charge in [0.1, 0.15) is 5.82 Å². The molecule has 1 saturated heterocycles. The fraction of sp³-hybridized carbons (Fsp3) is 0.333. The maximum Gasteiger partial charge on any atom is 0.322 e. The van der Waals surface area contributed by atoms with Crippen LogP contribution in [0.15, 0.2) is 42.6 Å². The maximum absolute atomic E-state index is 12.7. The molecule has 1 N–H and O–H groups in total. The number of pyridine rings is 1. The summed E-state index contributed by atoms with van der Waals surface area (Å²) in [6.07, 6.45) is 3.54. The molecule has 1 fully saturated rings. The minimum absolute atomic E-state index is 0.0381. The molecule has 4 rings (SSSR count). The van der Waals surface area contributed by atoms with Crippen LogP contribution >= 0.6 is 11.6 Å². The van der Waals surface area contributed by atoms with Crippen molar-refractivity contribution < 1.29 is 4.79 Å². The summed E-state index contributed by atoms with van der Waals surface area (Å²) in [5.41, 5.74) is 2.00. The van der Waals surface area contributed by atoms with Crippen molar-refractivity contribution in [3.05, 3.63) is 53.2 Å². The first kappa shape index (κ1) is 15.3. The molecular weight excluding hydrogens is 324 g/mol. The number of anilines is 2. The van der Waals surface area contributed by atoms with Gasteiger partial charge in [0.25, 0.3) is 0 Å². The number of hydrogen-bond acceptors (Lipinski definition) is 3. The topological polar surface area (TPSA) is 48.5 Å². The minimum Gasteiger partial charge on any atom is -0.354 e. The van der Waals surface area contributed by atoms with E-state index in [1.807, 2.05) is 36.4 Å². The number of benzene rings is 1. The summed E-state index contributed by atoms with van der Waals surface area (Å²) in [7, 11) is 0. The third kappa shape index (κ3) is 2.80. The van der Waals surface area contributed by atoms with Crippen molar-refractivity contribution in [2.24, 2.45) is 0 Å². The molecule has 24 heavy (non-hydrogen) atoms. The van der Waals surface area contributed by atoms with E-state index in [0.717, 1.165) is 48.0 Å². The number of urea groups is 1. The Morgan fingerprint density at radius 3 is 2.96 bits per heavy atom. The van der Waals surface area contributed by atoms with Crippen molar-refractivity contribution in [2.45, 2.75) is 18.9 Å². The second kappa shape index (κ2) is 6.32. The van der Waals surface area contributed by atoms with Gasteiger partial charge in [0.2, 0.25) is 0 Å². The molecule has 0 bridgehead atoms. The van der Waals surface area contributed by atoms with Crippen molar-refractivity contribution in [3.8, 4) is 0 Å². The SMILES string of the molecule is O=C(NC1CCN(c2ccccn2)C1)N1CCc2c(Cl)cccc21. The van der Waals surface area contributed by atoms with E-state index in [9.17, 15) is 4.79 Å². The highest BCUT2D eigenvalue weighted by molar-refractivity contribution is 6.32. The standard InChI is InChI=1S/C18H19ClN4O/c19-15-4-3-5-16-14(15)8-11-23(16)18(24)21-13-7-10-22(12-13)17-6-1-2-9-20-17/h1-6,9,13H,7-8,10-12H2,(H,21,24). The molecule has 0 radical (unpaired) electrons. The molecule has 2 aliphatic heterocycles. The van der Waals surface area contributed by atoms with E-state index < -0.39 is 0 Å². The molecule has 1 atom stereocenters. The molecule has 0 aliphatic carbocycles. The van der Waals surface area contributed by atoms with Gasteiger partial charge in [0.05, 0.1) is 5.69 Å². The summed E-state index contributed by atoms with van der Waals surface area (Å²) >= 11 is 6.22. The largest absolute Gasteiger partial charge is 0.354 e. The van der Waals surface area contributed by atoms with E-state index in [1.165, 1.54) is 0 Å². The number of hydrogen-bond donors (Lipinski definition) is 1. The van der Waals surface area contributed by atoms with Crippen molar-refractivity contribution in [2.75, 3.05) is 29.4 Å². The van der Waals surface area contributed by atoms with Gasteiger partial charge in [-0.2, -0.15) is 0 Å². The highest BCUT2D eigenvalue weighted by Crippen LogP contribution is 2.33. The van der Waals surface area contributed by atoms with Crippen LogP contribution in [-0.4, -0.2) is 36.7 Å². The third-order valence-corrected chi connectivity index (χ3v) is 5.06. The smallest absolute Gasteiger partial charge is 0.322 e. The summed E-state index contributed by atoms with van der Waals surface area (Å²) in [5, 5.41) is 3.90. The lowest BCUT2D eigenvalue weighted by Gasteiger charge is -2.22. The molecule has 124 valence electrons. The number of carbonyl (C=O) groups excluding carboxylic acids is 1. The predicted molar refractivity (Wildman–Crippen MR) is 95.9 cm³/mol. The second-order valence-electron chi connectivity index (χ2n) is 6.21. The lowest BCUT2D eigenvalue weighted by atomic mass is 10.2. The molecule has 2 amide bonds. The molecular formula is C18H19ClN4O. The Morgan fingerprint density at radius 2 is 2.12 bits per heavy atom. The van der Waals surface area contributed by atoms with Crippen molar-refractivity contribution in [1.82, 2.24) is 10.3 Å². The van der Waals surface area contributed by atoms with E-state index in [0.29, 0.717) is 6.54 Å². The molecule has 0 spiro atoms. The molecule has 2 aliphatic rings. The Hall–Kier alpha value is -2.27. The Kier molecular flexibility index (Phi) is 4.02. The van der Waals surface area contributed by atoms with Crippen LogP contribution in [0.4, 0.5) is 16.3 Å². The predicted octanol–water partition coefficient (Wildman–Crippen LogP) is 3.09. The van der Waals surface area contributed by atoms with Gasteiger partial charge in [-0.3, -0.25) is 4.90 Å². The van der Waals surface area contributed by atoms with Crippen LogP contribution in [0.2, 0.25) is 5.02 Å². The fourth-order valence-electron chi connectivity index (χ4n) is 3.48. The number of carbonyl (C=O) groups is 1. The van der Waals surface area contributed by atoms with Crippen LogP contribution in [0.25, 0.3) is 0 Å². The first-order valence-corrected chi connectivity index (χ1v) is 8.61. The molecule has 2 aromatic rings. The average molecular weight is 343 g/mol. The Bertz CT molecular complexity index is 752. The molecule has 6 heteroatoms. The number of amides is 2. The monoisotopic (exact) mass is 342 g/mol. The molecule has 1 aromatic heterocycles. The van der Waals surface area contributed by atoms with Gasteiger partial charge >= 0.3 is 6.03 Å². The average Bonchev–Trinajstić information content (AvgIpc) is 3.23. The Balaban J connectivity index is 1.41. The van der Waals surface area contributed by atoms with E-state index in [-0.39, 0.29) is 12.1 Å². The number of nitrogens with one attached hydrogen (secondary N) is 1. The highest BCUT2D eigenvalue weighted by atomic mass is 35.5. The zero-order chi connectivity index (χ0) is 16.5. The summed E-state index contributed by atoms with van der Waals surface area (Å²) in [6.45, 7) is 2.38. The summed E-state index contributed by atoms with van der Waals surface area (Å²) in [4.78, 5) is 21.0. The number of halogens is 1. The van der Waals surface area contributed by atoms with Gasteiger partial charge in [-0.25, -0.2) is 9.78 Å². The van der Waals surface area contributed by atoms with E-state index >= 15 is 0 Å². The van der Waals surface area contributed by atoms with Crippen molar-refractivity contribution in [1.29, 1.82) is 0 Å². The van der Waals surface area contributed by atoms with Gasteiger partial charge in [0, 0.05) is 36.9 Å². The Labute approximate surface area is 146 Å². The highest BCUT2D eigenvalue weighted by Gasteiger charge is 2.30. The van der Waals surface area contributed by atoms with Crippen LogP contribution in [0, 0.1) is 0 Å². The molecule has 1 unspecified atom stereocenters. The van der Waals surface area contributed by atoms with Gasteiger partial charge in [0.15, 0.2) is 0 Å². The van der Waals surface area contributed by atoms with E-state index in [4.69, 9.17) is 11.6 Å². The molecule has 0 saturated carbocycles. The zero-order valence-corrected chi connectivity index (χ0v) is 14.0. The fourth-order valence-corrected chi connectivity index (χ4v) is 3.75. The van der Waals surface area contributed by atoms with Gasteiger partial charge in [-0.1, -0.05) is 23.7 Å². The van der Waals surface area contributed by atoms with Gasteiger partial charge < -0.3 is 10.2 Å². The first-order valence-electron chi connectivity index (χ1n) is 8.24. The van der Waals surface area contributed by atoms with Crippen LogP contribution in [0.3, 0.4) is 0 Å². The van der Waals surface area contributed by atoms with Crippen LogP contribution in [0.1, 0.15) is 12.0 Å². The quantitative estimate of drug-likeness (QED) is 0.912. The number of rotatable bonds is 2. The summed E-state index contributed by atoms with van der Waals surface area (Å²) < 4.78 is 0. The first-order chi connectivity index (χ1) is 11.7. The normalized spacial score (nSPS) is 19.5. The third-order valence-electron chi connectivity index (χ3n) is 4.70. The summed E-state index contributed by atoms with van der Waals surface area (Å²) in [5.74, 6) is 0.965. The van der Waals surface area contributed by atoms with Crippen molar-refractivity contribution in [3.63, 3.8) is 0 Å². The summed E-state index contributed by atoms with van der Waals surface area (Å²) in [6, 6.07) is 11.7. The van der Waals surface area contributed by atoms with Crippen LogP contribution in [0.5, 0.6) is 0 Å². The maximum atomic E-state index is 12.7. The van der Waals surface area contributed by atoms with Crippen LogP contribution < -0.4 is 15.1 Å². The second-order valence-corrected chi connectivity index (χ2v) is 6.62.